The Hall–Kier alpha value is 0.0800. The van der Waals surface area contributed by atoms with E-state index in [1.54, 1.807) is 0 Å². The summed E-state index contributed by atoms with van der Waals surface area (Å²) in [4.78, 5) is 8.24. The number of hydrogen-bond donors (Lipinski definition) is 1. The van der Waals surface area contributed by atoms with Gasteiger partial charge in [0.05, 0.1) is 6.10 Å². The molecule has 1 saturated carbocycles. The van der Waals surface area contributed by atoms with Gasteiger partial charge in [0.1, 0.15) is 0 Å². The number of halogens is 1. The van der Waals surface area contributed by atoms with Gasteiger partial charge in [-0.1, -0.05) is 19.3 Å². The Morgan fingerprint density at radius 2 is 1.91 bits per heavy atom. The first-order chi connectivity index (χ1) is 5.08. The summed E-state index contributed by atoms with van der Waals surface area (Å²) in [7, 11) is -4.73. The Morgan fingerprint density at radius 1 is 1.36 bits per heavy atom. The Morgan fingerprint density at radius 3 is 2.36 bits per heavy atom. The molecule has 0 aromatic heterocycles. The summed E-state index contributed by atoms with van der Waals surface area (Å²) >= 11 is 0. The van der Waals surface area contributed by atoms with E-state index in [4.69, 9.17) is 4.89 Å². The monoisotopic (exact) mass is 182 g/mol. The van der Waals surface area contributed by atoms with Crippen molar-refractivity contribution in [2.75, 3.05) is 0 Å². The van der Waals surface area contributed by atoms with E-state index < -0.39 is 7.91 Å². The fraction of sp³-hybridized carbons (Fsp3) is 1.00. The molecule has 0 aromatic rings. The minimum Gasteiger partial charge on any atom is -0.299 e. The fourth-order valence-corrected chi connectivity index (χ4v) is 1.93. The van der Waals surface area contributed by atoms with Crippen LogP contribution in [0.25, 0.3) is 0 Å². The smallest absolute Gasteiger partial charge is 0.299 e. The third kappa shape index (κ3) is 3.85. The number of hydrogen-bond acceptors (Lipinski definition) is 2. The average molecular weight is 182 g/mol. The van der Waals surface area contributed by atoms with E-state index in [1.165, 1.54) is 0 Å². The molecule has 0 radical (unpaired) electrons. The molecule has 0 saturated heterocycles. The molecule has 1 unspecified atom stereocenters. The largest absolute Gasteiger partial charge is 0.510 e. The maximum atomic E-state index is 12.1. The molecule has 1 atom stereocenters. The highest BCUT2D eigenvalue weighted by atomic mass is 31.2. The summed E-state index contributed by atoms with van der Waals surface area (Å²) in [6.07, 6.45) is 4.10. The van der Waals surface area contributed by atoms with Gasteiger partial charge < -0.3 is 0 Å². The van der Waals surface area contributed by atoms with Crippen LogP contribution in [0.5, 0.6) is 0 Å². The van der Waals surface area contributed by atoms with Gasteiger partial charge in [0.2, 0.25) is 0 Å². The van der Waals surface area contributed by atoms with E-state index in [1.807, 2.05) is 0 Å². The third-order valence-corrected chi connectivity index (χ3v) is 2.39. The van der Waals surface area contributed by atoms with E-state index in [0.717, 1.165) is 19.3 Å². The van der Waals surface area contributed by atoms with E-state index in [2.05, 4.69) is 4.52 Å². The SMILES string of the molecule is O=P(O)(F)OC1CCCCC1. The Bertz CT molecular complexity index is 161. The highest BCUT2D eigenvalue weighted by molar-refractivity contribution is 7.46. The van der Waals surface area contributed by atoms with Crippen molar-refractivity contribution in [3.63, 3.8) is 0 Å². The lowest BCUT2D eigenvalue weighted by molar-refractivity contribution is 0.119. The van der Waals surface area contributed by atoms with Crippen molar-refractivity contribution in [2.24, 2.45) is 0 Å². The molecular weight excluding hydrogens is 170 g/mol. The normalized spacial score (nSPS) is 26.4. The van der Waals surface area contributed by atoms with Crippen molar-refractivity contribution in [3.8, 4) is 0 Å². The molecule has 0 spiro atoms. The first-order valence-electron chi connectivity index (χ1n) is 3.79. The molecule has 0 aromatic carbocycles. The van der Waals surface area contributed by atoms with Gasteiger partial charge >= 0.3 is 7.91 Å². The summed E-state index contributed by atoms with van der Waals surface area (Å²) in [6.45, 7) is 0. The van der Waals surface area contributed by atoms with Crippen molar-refractivity contribution in [1.29, 1.82) is 0 Å². The van der Waals surface area contributed by atoms with Gasteiger partial charge in [0, 0.05) is 0 Å². The maximum absolute atomic E-state index is 12.1. The second-order valence-corrected chi connectivity index (χ2v) is 3.93. The first kappa shape index (κ1) is 9.17. The highest BCUT2D eigenvalue weighted by Gasteiger charge is 2.25. The lowest BCUT2D eigenvalue weighted by atomic mass is 9.98. The molecule has 1 rings (SSSR count). The zero-order valence-electron chi connectivity index (χ0n) is 6.20. The molecule has 1 aliphatic carbocycles. The van der Waals surface area contributed by atoms with Gasteiger partial charge in [0.15, 0.2) is 0 Å². The van der Waals surface area contributed by atoms with Gasteiger partial charge in [-0.2, -0.15) is 0 Å². The number of rotatable bonds is 2. The van der Waals surface area contributed by atoms with Crippen molar-refractivity contribution < 1.29 is 18.2 Å². The highest BCUT2D eigenvalue weighted by Crippen LogP contribution is 2.46. The van der Waals surface area contributed by atoms with Gasteiger partial charge in [-0.3, -0.25) is 9.42 Å². The molecule has 1 fully saturated rings. The summed E-state index contributed by atoms with van der Waals surface area (Å²) in [5, 5.41) is 0. The van der Waals surface area contributed by atoms with Crippen LogP contribution in [0.4, 0.5) is 4.20 Å². The van der Waals surface area contributed by atoms with Gasteiger partial charge in [-0.15, -0.1) is 4.20 Å². The van der Waals surface area contributed by atoms with Crippen LogP contribution in [0.2, 0.25) is 0 Å². The molecule has 1 N–H and O–H groups in total. The maximum Gasteiger partial charge on any atom is 0.510 e. The minimum absolute atomic E-state index is 0.343. The zero-order valence-corrected chi connectivity index (χ0v) is 7.10. The summed E-state index contributed by atoms with van der Waals surface area (Å²) in [5.74, 6) is 0. The van der Waals surface area contributed by atoms with Crippen molar-refractivity contribution >= 4 is 7.91 Å². The van der Waals surface area contributed by atoms with E-state index in [0.29, 0.717) is 12.8 Å². The fourth-order valence-electron chi connectivity index (χ4n) is 1.35. The first-order valence-corrected chi connectivity index (χ1v) is 5.25. The lowest BCUT2D eigenvalue weighted by Gasteiger charge is -2.20. The van der Waals surface area contributed by atoms with Crippen LogP contribution in [0.3, 0.4) is 0 Å². The summed E-state index contributed by atoms with van der Waals surface area (Å²) in [5.41, 5.74) is 0. The molecule has 11 heavy (non-hydrogen) atoms. The lowest BCUT2D eigenvalue weighted by Crippen LogP contribution is -2.14. The summed E-state index contributed by atoms with van der Waals surface area (Å²) in [6, 6.07) is 0. The molecule has 0 aliphatic heterocycles. The van der Waals surface area contributed by atoms with Crippen molar-refractivity contribution in [3.05, 3.63) is 0 Å². The van der Waals surface area contributed by atoms with Crippen LogP contribution in [0.15, 0.2) is 0 Å². The van der Waals surface area contributed by atoms with Gasteiger partial charge in [0.25, 0.3) is 0 Å². The Kier molecular flexibility index (Phi) is 3.05. The third-order valence-electron chi connectivity index (χ3n) is 1.83. The van der Waals surface area contributed by atoms with E-state index >= 15 is 0 Å². The van der Waals surface area contributed by atoms with E-state index in [9.17, 15) is 8.76 Å². The standard InChI is InChI=1S/C6H12FO3P/c7-11(8,9)10-6-4-2-1-3-5-6/h6H,1-5H2,(H,8,9). The molecule has 3 nitrogen and oxygen atoms in total. The minimum atomic E-state index is -4.73. The molecule has 0 bridgehead atoms. The van der Waals surface area contributed by atoms with Crippen LogP contribution in [0, 0.1) is 0 Å². The molecule has 1 aliphatic rings. The van der Waals surface area contributed by atoms with E-state index in [-0.39, 0.29) is 6.10 Å². The molecule has 5 heteroatoms. The van der Waals surface area contributed by atoms with Crippen LogP contribution in [0.1, 0.15) is 32.1 Å². The van der Waals surface area contributed by atoms with Crippen LogP contribution >= 0.6 is 7.91 Å². The molecule has 0 heterocycles. The average Bonchev–Trinajstić information content (AvgIpc) is 1.85. The Balaban J connectivity index is 2.30. The quantitative estimate of drug-likeness (QED) is 0.667. The van der Waals surface area contributed by atoms with Crippen molar-refractivity contribution in [1.82, 2.24) is 0 Å². The predicted octanol–water partition coefficient (Wildman–Crippen LogP) is 2.41. The summed E-state index contributed by atoms with van der Waals surface area (Å²) < 4.78 is 26.5. The Labute approximate surface area is 65.2 Å². The molecular formula is C6H12FO3P. The second-order valence-electron chi connectivity index (χ2n) is 2.82. The van der Waals surface area contributed by atoms with Crippen LogP contribution in [-0.4, -0.2) is 11.0 Å². The second kappa shape index (κ2) is 3.65. The molecule has 66 valence electrons. The van der Waals surface area contributed by atoms with Crippen LogP contribution in [-0.2, 0) is 9.09 Å². The zero-order chi connectivity index (χ0) is 8.32. The van der Waals surface area contributed by atoms with Crippen molar-refractivity contribution in [2.45, 2.75) is 38.2 Å². The molecule has 0 amide bonds. The topological polar surface area (TPSA) is 46.5 Å². The van der Waals surface area contributed by atoms with Crippen LogP contribution < -0.4 is 0 Å². The van der Waals surface area contributed by atoms with Gasteiger partial charge in [-0.05, 0) is 12.8 Å². The van der Waals surface area contributed by atoms with Gasteiger partial charge in [-0.25, -0.2) is 4.57 Å². The predicted molar refractivity (Wildman–Crippen MR) is 38.9 cm³/mol.